The molecule has 0 atom stereocenters. The monoisotopic (exact) mass is 334 g/mol. The van der Waals surface area contributed by atoms with Crippen LogP contribution in [0.5, 0.6) is 5.75 Å². The lowest BCUT2D eigenvalue weighted by Gasteiger charge is -2.09. The van der Waals surface area contributed by atoms with E-state index in [1.807, 2.05) is 0 Å². The summed E-state index contributed by atoms with van der Waals surface area (Å²) in [4.78, 5) is 20.4. The summed E-state index contributed by atoms with van der Waals surface area (Å²) >= 11 is 6.03. The molecule has 0 unspecified atom stereocenters. The number of carbonyl (C=O) groups excluding carboxylic acids is 1. The smallest absolute Gasteiger partial charge is 0.275 e. The van der Waals surface area contributed by atoms with Gasteiger partial charge in [-0.25, -0.2) is 9.97 Å². The lowest BCUT2D eigenvalue weighted by atomic mass is 10.2. The number of hydrogen-bond acceptors (Lipinski definition) is 5. The van der Waals surface area contributed by atoms with Crippen molar-refractivity contribution in [3.05, 3.63) is 41.3 Å². The lowest BCUT2D eigenvalue weighted by Crippen LogP contribution is -2.15. The first-order valence-electron chi connectivity index (χ1n) is 7.20. The number of nitrogens with zero attached hydrogens (tertiary/aromatic N) is 2. The van der Waals surface area contributed by atoms with Gasteiger partial charge in [0.2, 0.25) is 0 Å². The number of benzene rings is 1. The van der Waals surface area contributed by atoms with Crippen molar-refractivity contribution in [2.45, 2.75) is 13.8 Å². The first-order valence-corrected chi connectivity index (χ1v) is 7.58. The molecule has 0 radical (unpaired) electrons. The third-order valence-electron chi connectivity index (χ3n) is 2.99. The average Bonchev–Trinajstić information content (AvgIpc) is 2.53. The highest BCUT2D eigenvalue weighted by atomic mass is 35.5. The van der Waals surface area contributed by atoms with Crippen molar-refractivity contribution in [2.24, 2.45) is 5.92 Å². The summed E-state index contributed by atoms with van der Waals surface area (Å²) in [6.45, 7) is 5.00. The number of aromatic nitrogens is 2. The van der Waals surface area contributed by atoms with E-state index in [4.69, 9.17) is 16.3 Å². The molecule has 2 N–H and O–H groups in total. The molecule has 0 aliphatic rings. The zero-order valence-corrected chi connectivity index (χ0v) is 14.0. The summed E-state index contributed by atoms with van der Waals surface area (Å²) in [6.07, 6.45) is 2.97. The molecule has 2 rings (SSSR count). The number of nitrogens with one attached hydrogen (secondary N) is 2. The van der Waals surface area contributed by atoms with Crippen molar-refractivity contribution in [1.29, 1.82) is 0 Å². The van der Waals surface area contributed by atoms with Crippen LogP contribution in [0.4, 0.5) is 11.5 Å². The first-order chi connectivity index (χ1) is 11.0. The zero-order valence-electron chi connectivity index (χ0n) is 13.3. The molecule has 122 valence electrons. The molecule has 0 bridgehead atoms. The van der Waals surface area contributed by atoms with Crippen LogP contribution in [-0.2, 0) is 0 Å². The van der Waals surface area contributed by atoms with Crippen molar-refractivity contribution >= 4 is 29.0 Å². The second kappa shape index (κ2) is 7.78. The Morgan fingerprint density at radius 3 is 2.65 bits per heavy atom. The maximum absolute atomic E-state index is 12.1. The summed E-state index contributed by atoms with van der Waals surface area (Å²) in [7, 11) is 1.53. The quantitative estimate of drug-likeness (QED) is 0.846. The van der Waals surface area contributed by atoms with E-state index in [9.17, 15) is 4.79 Å². The first kappa shape index (κ1) is 17.0. The van der Waals surface area contributed by atoms with Gasteiger partial charge in [-0.3, -0.25) is 4.79 Å². The zero-order chi connectivity index (χ0) is 16.8. The summed E-state index contributed by atoms with van der Waals surface area (Å²) in [5.41, 5.74) is 0.789. The number of anilines is 2. The second-order valence-electron chi connectivity index (χ2n) is 5.37. The van der Waals surface area contributed by atoms with Gasteiger partial charge in [-0.1, -0.05) is 25.4 Å². The number of carbonyl (C=O) groups is 1. The molecular weight excluding hydrogens is 316 g/mol. The highest BCUT2D eigenvalue weighted by molar-refractivity contribution is 6.32. The fourth-order valence-corrected chi connectivity index (χ4v) is 2.04. The second-order valence-corrected chi connectivity index (χ2v) is 5.77. The summed E-state index contributed by atoms with van der Waals surface area (Å²) in [5, 5.41) is 6.28. The minimum absolute atomic E-state index is 0.229. The van der Waals surface area contributed by atoms with E-state index in [0.29, 0.717) is 28.2 Å². The van der Waals surface area contributed by atoms with Gasteiger partial charge in [0, 0.05) is 12.2 Å². The molecule has 1 heterocycles. The lowest BCUT2D eigenvalue weighted by molar-refractivity contribution is 0.102. The SMILES string of the molecule is COc1ccc(NC(=O)c2cnc(NCC(C)C)cn2)cc1Cl. The third kappa shape index (κ3) is 4.82. The van der Waals surface area contributed by atoms with Crippen LogP contribution in [0.2, 0.25) is 5.02 Å². The van der Waals surface area contributed by atoms with Gasteiger partial charge in [0.05, 0.1) is 24.5 Å². The Morgan fingerprint density at radius 1 is 1.30 bits per heavy atom. The van der Waals surface area contributed by atoms with Crippen molar-refractivity contribution in [2.75, 3.05) is 24.3 Å². The Hall–Kier alpha value is -2.34. The minimum atomic E-state index is -0.353. The van der Waals surface area contributed by atoms with Gasteiger partial charge < -0.3 is 15.4 Å². The summed E-state index contributed by atoms with van der Waals surface area (Å²) < 4.78 is 5.07. The number of rotatable bonds is 6. The van der Waals surface area contributed by atoms with Crippen LogP contribution in [0, 0.1) is 5.92 Å². The molecule has 7 heteroatoms. The molecular formula is C16H19ClN4O2. The highest BCUT2D eigenvalue weighted by Gasteiger charge is 2.10. The average molecular weight is 335 g/mol. The molecule has 1 aromatic carbocycles. The molecule has 0 aliphatic carbocycles. The predicted molar refractivity (Wildman–Crippen MR) is 91.3 cm³/mol. The molecule has 23 heavy (non-hydrogen) atoms. The maximum Gasteiger partial charge on any atom is 0.275 e. The van der Waals surface area contributed by atoms with E-state index in [1.165, 1.54) is 19.5 Å². The van der Waals surface area contributed by atoms with Gasteiger partial charge in [-0.2, -0.15) is 0 Å². The van der Waals surface area contributed by atoms with Crippen molar-refractivity contribution in [1.82, 2.24) is 9.97 Å². The molecule has 0 fully saturated rings. The van der Waals surface area contributed by atoms with E-state index in [-0.39, 0.29) is 11.6 Å². The van der Waals surface area contributed by atoms with E-state index < -0.39 is 0 Å². The topological polar surface area (TPSA) is 76.1 Å². The number of amides is 1. The maximum atomic E-state index is 12.1. The Kier molecular flexibility index (Phi) is 5.76. The fraction of sp³-hybridized carbons (Fsp3) is 0.312. The molecule has 1 aromatic heterocycles. The predicted octanol–water partition coefficient (Wildman–Crippen LogP) is 3.46. The van der Waals surface area contributed by atoms with Crippen LogP contribution in [-0.4, -0.2) is 29.5 Å². The van der Waals surface area contributed by atoms with Gasteiger partial charge in [-0.05, 0) is 24.1 Å². The van der Waals surface area contributed by atoms with Gasteiger partial charge in [0.1, 0.15) is 17.3 Å². The van der Waals surface area contributed by atoms with Crippen LogP contribution in [0.25, 0.3) is 0 Å². The molecule has 6 nitrogen and oxygen atoms in total. The molecule has 1 amide bonds. The molecule has 0 saturated carbocycles. The number of methoxy groups -OCH3 is 1. The normalized spacial score (nSPS) is 10.5. The molecule has 0 aliphatic heterocycles. The van der Waals surface area contributed by atoms with Gasteiger partial charge in [0.25, 0.3) is 5.91 Å². The highest BCUT2D eigenvalue weighted by Crippen LogP contribution is 2.27. The largest absolute Gasteiger partial charge is 0.495 e. The standard InChI is InChI=1S/C16H19ClN4O2/c1-10(2)7-19-15-9-18-13(8-20-15)16(22)21-11-4-5-14(23-3)12(17)6-11/h4-6,8-10H,7H2,1-3H3,(H,19,20)(H,21,22). The van der Waals surface area contributed by atoms with Gasteiger partial charge >= 0.3 is 0 Å². The Balaban J connectivity index is 2.01. The fourth-order valence-electron chi connectivity index (χ4n) is 1.78. The van der Waals surface area contributed by atoms with Crippen LogP contribution in [0.15, 0.2) is 30.6 Å². The minimum Gasteiger partial charge on any atom is -0.495 e. The van der Waals surface area contributed by atoms with Crippen LogP contribution in [0.3, 0.4) is 0 Å². The Labute approximate surface area is 140 Å². The van der Waals surface area contributed by atoms with Crippen LogP contribution >= 0.6 is 11.6 Å². The molecule has 2 aromatic rings. The van der Waals surface area contributed by atoms with Crippen molar-refractivity contribution in [3.8, 4) is 5.75 Å². The van der Waals surface area contributed by atoms with Gasteiger partial charge in [-0.15, -0.1) is 0 Å². The Morgan fingerprint density at radius 2 is 2.09 bits per heavy atom. The summed E-state index contributed by atoms with van der Waals surface area (Å²) in [5.74, 6) is 1.33. The van der Waals surface area contributed by atoms with Crippen molar-refractivity contribution < 1.29 is 9.53 Å². The molecule has 0 saturated heterocycles. The van der Waals surface area contributed by atoms with Crippen LogP contribution < -0.4 is 15.4 Å². The van der Waals surface area contributed by atoms with E-state index in [2.05, 4.69) is 34.4 Å². The van der Waals surface area contributed by atoms with E-state index in [1.54, 1.807) is 18.2 Å². The number of halogens is 1. The molecule has 0 spiro atoms. The van der Waals surface area contributed by atoms with Crippen LogP contribution in [0.1, 0.15) is 24.3 Å². The number of hydrogen-bond donors (Lipinski definition) is 2. The van der Waals surface area contributed by atoms with E-state index in [0.717, 1.165) is 6.54 Å². The van der Waals surface area contributed by atoms with E-state index >= 15 is 0 Å². The Bertz CT molecular complexity index is 674. The number of ether oxygens (including phenoxy) is 1. The third-order valence-corrected chi connectivity index (χ3v) is 3.28. The van der Waals surface area contributed by atoms with Gasteiger partial charge in [0.15, 0.2) is 0 Å². The van der Waals surface area contributed by atoms with Crippen molar-refractivity contribution in [3.63, 3.8) is 0 Å². The summed E-state index contributed by atoms with van der Waals surface area (Å²) in [6, 6.07) is 5.00.